The number of hydrogen-bond donors (Lipinski definition) is 1. The van der Waals surface area contributed by atoms with E-state index in [0.717, 1.165) is 27.6 Å². The Balaban J connectivity index is 1.22. The normalized spacial score (nSPS) is 16.7. The van der Waals surface area contributed by atoms with Gasteiger partial charge < -0.3 is 14.4 Å². The third-order valence-corrected chi connectivity index (χ3v) is 9.19. The molecule has 3 aromatic carbocycles. The minimum absolute atomic E-state index is 0.0713. The fourth-order valence-electron chi connectivity index (χ4n) is 6.59. The number of cyclic esters (lactones) is 1. The van der Waals surface area contributed by atoms with E-state index in [0.29, 0.717) is 53.0 Å². The fourth-order valence-corrected chi connectivity index (χ4v) is 6.59. The first-order valence-corrected chi connectivity index (χ1v) is 15.1. The molecular formula is C36H29N3O7. The van der Waals surface area contributed by atoms with Gasteiger partial charge in [-0.15, -0.1) is 0 Å². The average Bonchev–Trinajstić information content (AvgIpc) is 3.38. The molecular weight excluding hydrogens is 586 g/mol. The van der Waals surface area contributed by atoms with E-state index >= 15 is 0 Å². The summed E-state index contributed by atoms with van der Waals surface area (Å²) in [7, 11) is 0. The monoisotopic (exact) mass is 615 g/mol. The smallest absolute Gasteiger partial charge is 0.309 e. The molecule has 4 heterocycles. The number of para-hydroxylation sites is 1. The van der Waals surface area contributed by atoms with Crippen molar-refractivity contribution in [2.45, 2.75) is 51.4 Å². The zero-order chi connectivity index (χ0) is 32.2. The second kappa shape index (κ2) is 11.1. The van der Waals surface area contributed by atoms with Gasteiger partial charge >= 0.3 is 5.97 Å². The largest absolute Gasteiger partial charge is 0.460 e. The van der Waals surface area contributed by atoms with Crippen LogP contribution in [-0.4, -0.2) is 31.3 Å². The van der Waals surface area contributed by atoms with Gasteiger partial charge in [0.25, 0.3) is 11.2 Å². The number of benzene rings is 3. The van der Waals surface area contributed by atoms with Crippen molar-refractivity contribution >= 4 is 28.3 Å². The summed E-state index contributed by atoms with van der Waals surface area (Å²) in [5.74, 6) is -0.758. The van der Waals surface area contributed by atoms with Gasteiger partial charge in [-0.25, -0.2) is 4.98 Å². The van der Waals surface area contributed by atoms with E-state index in [1.54, 1.807) is 29.7 Å². The SMILES string of the molecule is CCC1(O)CC(=O)OCc2c1cc1n(c2=O)Cc2c-1nc1ccccc1c2CCc1ccc(C(=O)c2ccc([N+](=O)[O-])cc2)cc1. The Bertz CT molecular complexity index is 2140. The van der Waals surface area contributed by atoms with Crippen LogP contribution in [0.25, 0.3) is 22.3 Å². The zero-order valence-corrected chi connectivity index (χ0v) is 25.0. The van der Waals surface area contributed by atoms with Gasteiger partial charge in [0.2, 0.25) is 0 Å². The molecule has 0 bridgehead atoms. The van der Waals surface area contributed by atoms with E-state index in [9.17, 15) is 29.6 Å². The third kappa shape index (κ3) is 4.87. The molecule has 5 aromatic rings. The van der Waals surface area contributed by atoms with E-state index in [2.05, 4.69) is 0 Å². The molecule has 10 nitrogen and oxygen atoms in total. The molecule has 0 saturated carbocycles. The lowest BCUT2D eigenvalue weighted by Crippen LogP contribution is -2.32. The predicted octanol–water partition coefficient (Wildman–Crippen LogP) is 5.39. The van der Waals surface area contributed by atoms with Gasteiger partial charge in [-0.05, 0) is 60.2 Å². The second-order valence-corrected chi connectivity index (χ2v) is 11.8. The van der Waals surface area contributed by atoms with Crippen LogP contribution in [0.1, 0.15) is 63.5 Å². The highest BCUT2D eigenvalue weighted by Crippen LogP contribution is 2.40. The molecule has 0 amide bonds. The molecule has 2 aliphatic rings. The molecule has 0 radical (unpaired) electrons. The van der Waals surface area contributed by atoms with Crippen LogP contribution in [0.2, 0.25) is 0 Å². The van der Waals surface area contributed by atoms with Crippen LogP contribution in [-0.2, 0) is 41.1 Å². The zero-order valence-electron chi connectivity index (χ0n) is 25.0. The maximum absolute atomic E-state index is 13.8. The molecule has 10 heteroatoms. The Hall–Kier alpha value is -5.48. The number of carbonyl (C=O) groups excluding carboxylic acids is 2. The highest BCUT2D eigenvalue weighted by molar-refractivity contribution is 6.09. The lowest BCUT2D eigenvalue weighted by atomic mass is 9.85. The van der Waals surface area contributed by atoms with Crippen LogP contribution in [0.15, 0.2) is 83.7 Å². The average molecular weight is 616 g/mol. The van der Waals surface area contributed by atoms with Gasteiger partial charge in [0.15, 0.2) is 5.78 Å². The molecule has 0 saturated heterocycles. The lowest BCUT2D eigenvalue weighted by molar-refractivity contribution is -0.384. The number of carbonyl (C=O) groups is 2. The fraction of sp³-hybridized carbons (Fsp3) is 0.222. The number of aliphatic hydroxyl groups is 1. The van der Waals surface area contributed by atoms with E-state index in [4.69, 9.17) is 9.72 Å². The van der Waals surface area contributed by atoms with Crippen LogP contribution in [0.5, 0.6) is 0 Å². The van der Waals surface area contributed by atoms with Gasteiger partial charge in [0.05, 0.1) is 40.4 Å². The topological polar surface area (TPSA) is 142 Å². The van der Waals surface area contributed by atoms with Crippen LogP contribution in [0.3, 0.4) is 0 Å². The molecule has 1 N–H and O–H groups in total. The quantitative estimate of drug-likeness (QED) is 0.109. The van der Waals surface area contributed by atoms with Crippen molar-refractivity contribution in [2.75, 3.05) is 0 Å². The molecule has 0 fully saturated rings. The molecule has 1 unspecified atom stereocenters. The summed E-state index contributed by atoms with van der Waals surface area (Å²) < 4.78 is 6.97. The van der Waals surface area contributed by atoms with E-state index < -0.39 is 16.5 Å². The number of pyridine rings is 2. The van der Waals surface area contributed by atoms with Crippen LogP contribution in [0, 0.1) is 10.1 Å². The van der Waals surface area contributed by atoms with Crippen molar-refractivity contribution < 1.29 is 24.4 Å². The van der Waals surface area contributed by atoms with Crippen molar-refractivity contribution in [3.05, 3.63) is 138 Å². The Labute approximate surface area is 263 Å². The maximum atomic E-state index is 13.8. The van der Waals surface area contributed by atoms with E-state index in [1.807, 2.05) is 36.4 Å². The lowest BCUT2D eigenvalue weighted by Gasteiger charge is -2.26. The van der Waals surface area contributed by atoms with Crippen molar-refractivity contribution in [3.63, 3.8) is 0 Å². The van der Waals surface area contributed by atoms with Gasteiger partial charge in [-0.1, -0.05) is 49.4 Å². The first-order valence-electron chi connectivity index (χ1n) is 15.1. The van der Waals surface area contributed by atoms with Gasteiger partial charge in [0, 0.05) is 34.2 Å². The number of aryl methyl sites for hydroxylation is 2. The first kappa shape index (κ1) is 29.2. The van der Waals surface area contributed by atoms with Crippen LogP contribution < -0.4 is 5.56 Å². The Morgan fingerprint density at radius 3 is 2.39 bits per heavy atom. The summed E-state index contributed by atoms with van der Waals surface area (Å²) in [6.45, 7) is 1.91. The Morgan fingerprint density at radius 1 is 1.00 bits per heavy atom. The number of ketones is 1. The Kier molecular flexibility index (Phi) is 7.09. The number of non-ortho nitro benzene ring substituents is 1. The molecule has 0 spiro atoms. The number of esters is 1. The molecule has 2 aromatic heterocycles. The summed E-state index contributed by atoms with van der Waals surface area (Å²) in [6.07, 6.45) is 1.35. The van der Waals surface area contributed by atoms with Crippen molar-refractivity contribution in [1.29, 1.82) is 0 Å². The number of ether oxygens (including phenoxy) is 1. The number of nitrogens with zero attached hydrogens (tertiary/aromatic N) is 3. The van der Waals surface area contributed by atoms with Gasteiger partial charge in [-0.3, -0.25) is 24.5 Å². The molecule has 7 rings (SSSR count). The summed E-state index contributed by atoms with van der Waals surface area (Å²) in [4.78, 5) is 54.5. The van der Waals surface area contributed by atoms with Crippen LogP contribution in [0.4, 0.5) is 5.69 Å². The predicted molar refractivity (Wildman–Crippen MR) is 170 cm³/mol. The summed E-state index contributed by atoms with van der Waals surface area (Å²) in [5.41, 5.74) is 4.82. The molecule has 0 aliphatic carbocycles. The number of nitro groups is 1. The first-order chi connectivity index (χ1) is 22.2. The van der Waals surface area contributed by atoms with Crippen molar-refractivity contribution in [1.82, 2.24) is 9.55 Å². The van der Waals surface area contributed by atoms with Crippen LogP contribution >= 0.6 is 0 Å². The van der Waals surface area contributed by atoms with Gasteiger partial charge in [-0.2, -0.15) is 0 Å². The minimum Gasteiger partial charge on any atom is -0.460 e. The summed E-state index contributed by atoms with van der Waals surface area (Å²) in [6, 6.07) is 22.6. The van der Waals surface area contributed by atoms with E-state index in [-0.39, 0.29) is 36.5 Å². The second-order valence-electron chi connectivity index (χ2n) is 11.8. The molecule has 2 aliphatic heterocycles. The van der Waals surface area contributed by atoms with Crippen molar-refractivity contribution in [2.24, 2.45) is 0 Å². The summed E-state index contributed by atoms with van der Waals surface area (Å²) in [5, 5.41) is 23.4. The minimum atomic E-state index is -1.51. The summed E-state index contributed by atoms with van der Waals surface area (Å²) >= 11 is 0. The Morgan fingerprint density at radius 2 is 1.70 bits per heavy atom. The van der Waals surface area contributed by atoms with E-state index in [1.165, 1.54) is 24.3 Å². The number of nitro benzene ring substituents is 1. The maximum Gasteiger partial charge on any atom is 0.309 e. The highest BCUT2D eigenvalue weighted by Gasteiger charge is 2.39. The van der Waals surface area contributed by atoms with Crippen molar-refractivity contribution in [3.8, 4) is 11.4 Å². The van der Waals surface area contributed by atoms with Gasteiger partial charge in [0.1, 0.15) is 12.2 Å². The molecule has 46 heavy (non-hydrogen) atoms. The molecule has 1 atom stereocenters. The third-order valence-electron chi connectivity index (χ3n) is 9.19. The number of hydrogen-bond acceptors (Lipinski definition) is 8. The highest BCUT2D eigenvalue weighted by atomic mass is 16.6. The number of rotatable bonds is 7. The standard InChI is InChI=1S/C36H29N3O7/c1-2-36(43)18-32(40)46-20-28-29(36)17-31-33-27(19-38(31)35(28)42)25(26-5-3-4-6-30(26)37-33)16-9-21-7-10-22(11-8-21)34(41)23-12-14-24(15-13-23)39(44)45/h3-8,10-15,17,43H,2,9,16,18-20H2,1H3. The molecule has 230 valence electrons. The number of aromatic nitrogens is 2. The number of fused-ring (bicyclic) bond motifs is 5.